The number of carbonyl (C=O) groups excluding carboxylic acids is 1. The molecule has 1 heterocycles. The average Bonchev–Trinajstić information content (AvgIpc) is 3.02. The average molecular weight is 401 g/mol. The van der Waals surface area contributed by atoms with E-state index in [1.807, 2.05) is 32.0 Å². The molecular formula is C21H21ClN2O4. The van der Waals surface area contributed by atoms with E-state index >= 15 is 0 Å². The maximum atomic E-state index is 12.7. The molecule has 0 aliphatic heterocycles. The molecule has 0 aliphatic rings. The molecule has 0 unspecified atom stereocenters. The summed E-state index contributed by atoms with van der Waals surface area (Å²) in [5, 5.41) is 7.07. The molecule has 0 aliphatic carbocycles. The van der Waals surface area contributed by atoms with Crippen LogP contribution in [-0.2, 0) is 6.61 Å². The third kappa shape index (κ3) is 4.12. The summed E-state index contributed by atoms with van der Waals surface area (Å²) in [7, 11) is 1.53. The Hall–Kier alpha value is -2.99. The molecule has 28 heavy (non-hydrogen) atoms. The van der Waals surface area contributed by atoms with Gasteiger partial charge in [-0.3, -0.25) is 4.79 Å². The summed E-state index contributed by atoms with van der Waals surface area (Å²) in [5.74, 6) is 1.44. The van der Waals surface area contributed by atoms with E-state index in [4.69, 9.17) is 25.6 Å². The van der Waals surface area contributed by atoms with Crippen LogP contribution in [0.25, 0.3) is 0 Å². The Bertz CT molecular complexity index is 993. The van der Waals surface area contributed by atoms with Gasteiger partial charge in [-0.2, -0.15) is 0 Å². The van der Waals surface area contributed by atoms with Crippen molar-refractivity contribution in [2.45, 2.75) is 27.4 Å². The number of amides is 1. The monoisotopic (exact) mass is 400 g/mol. The largest absolute Gasteiger partial charge is 0.495 e. The normalized spacial score (nSPS) is 10.6. The summed E-state index contributed by atoms with van der Waals surface area (Å²) < 4.78 is 16.3. The van der Waals surface area contributed by atoms with Gasteiger partial charge in [0, 0.05) is 5.69 Å². The predicted octanol–water partition coefficient (Wildman–Crippen LogP) is 5.09. The minimum atomic E-state index is -0.404. The summed E-state index contributed by atoms with van der Waals surface area (Å²) in [6, 6.07) is 10.9. The van der Waals surface area contributed by atoms with E-state index in [0.29, 0.717) is 27.8 Å². The lowest BCUT2D eigenvalue weighted by Gasteiger charge is -2.12. The lowest BCUT2D eigenvalue weighted by atomic mass is 10.1. The van der Waals surface area contributed by atoms with E-state index in [1.165, 1.54) is 7.11 Å². The molecule has 0 bridgehead atoms. The Morgan fingerprint density at radius 2 is 1.89 bits per heavy atom. The van der Waals surface area contributed by atoms with Crippen LogP contribution >= 0.6 is 11.6 Å². The number of anilines is 1. The molecule has 2 aromatic carbocycles. The van der Waals surface area contributed by atoms with Crippen molar-refractivity contribution in [2.24, 2.45) is 0 Å². The molecule has 0 spiro atoms. The van der Waals surface area contributed by atoms with Gasteiger partial charge >= 0.3 is 0 Å². The summed E-state index contributed by atoms with van der Waals surface area (Å²) in [6.45, 7) is 5.87. The molecule has 0 saturated heterocycles. The first-order valence-electron chi connectivity index (χ1n) is 8.69. The zero-order chi connectivity index (χ0) is 20.3. The first-order chi connectivity index (χ1) is 13.4. The number of hydrogen-bond acceptors (Lipinski definition) is 5. The van der Waals surface area contributed by atoms with Crippen LogP contribution in [0.1, 0.15) is 32.9 Å². The van der Waals surface area contributed by atoms with Gasteiger partial charge in [0.1, 0.15) is 23.9 Å². The van der Waals surface area contributed by atoms with Crippen molar-refractivity contribution >= 4 is 23.2 Å². The predicted molar refractivity (Wildman–Crippen MR) is 107 cm³/mol. The highest BCUT2D eigenvalue weighted by atomic mass is 35.5. The Morgan fingerprint density at radius 1 is 1.18 bits per heavy atom. The summed E-state index contributed by atoms with van der Waals surface area (Å²) in [4.78, 5) is 12.7. The fraction of sp³-hybridized carbons (Fsp3) is 0.238. The van der Waals surface area contributed by atoms with Gasteiger partial charge in [-0.25, -0.2) is 0 Å². The second-order valence-corrected chi connectivity index (χ2v) is 6.79. The zero-order valence-electron chi connectivity index (χ0n) is 16.1. The highest BCUT2D eigenvalue weighted by Gasteiger charge is 2.21. The van der Waals surface area contributed by atoms with Gasteiger partial charge in [0.25, 0.3) is 5.91 Å². The van der Waals surface area contributed by atoms with Gasteiger partial charge in [0.2, 0.25) is 0 Å². The number of halogens is 1. The molecule has 0 fully saturated rings. The molecule has 0 atom stereocenters. The maximum absolute atomic E-state index is 12.7. The first-order valence-corrected chi connectivity index (χ1v) is 9.07. The number of hydrogen-bond donors (Lipinski definition) is 1. The summed E-state index contributed by atoms with van der Waals surface area (Å²) >= 11 is 6.11. The van der Waals surface area contributed by atoms with Gasteiger partial charge in [-0.05, 0) is 50.1 Å². The van der Waals surface area contributed by atoms with E-state index in [9.17, 15) is 4.79 Å². The van der Waals surface area contributed by atoms with E-state index in [1.54, 1.807) is 25.1 Å². The summed E-state index contributed by atoms with van der Waals surface area (Å²) in [6.07, 6.45) is 0. The molecule has 1 aromatic heterocycles. The number of benzene rings is 2. The lowest BCUT2D eigenvalue weighted by Crippen LogP contribution is -2.15. The SMILES string of the molecule is COc1ccc(NC(=O)c2noc(C)c2COc2c(C)cccc2C)cc1Cl. The Morgan fingerprint density at radius 3 is 2.54 bits per heavy atom. The number of aromatic nitrogens is 1. The van der Waals surface area contributed by atoms with E-state index < -0.39 is 5.91 Å². The second-order valence-electron chi connectivity index (χ2n) is 6.38. The van der Waals surface area contributed by atoms with Crippen molar-refractivity contribution in [2.75, 3.05) is 12.4 Å². The van der Waals surface area contributed by atoms with Crippen molar-refractivity contribution < 1.29 is 18.8 Å². The fourth-order valence-corrected chi connectivity index (χ4v) is 3.10. The Kier molecular flexibility index (Phi) is 5.90. The van der Waals surface area contributed by atoms with Crippen LogP contribution in [0, 0.1) is 20.8 Å². The van der Waals surface area contributed by atoms with Crippen LogP contribution in [0.2, 0.25) is 5.02 Å². The fourth-order valence-electron chi connectivity index (χ4n) is 2.85. The van der Waals surface area contributed by atoms with Crippen molar-refractivity contribution in [1.82, 2.24) is 5.16 Å². The topological polar surface area (TPSA) is 73.6 Å². The van der Waals surface area contributed by atoms with Crippen LogP contribution in [0.3, 0.4) is 0 Å². The van der Waals surface area contributed by atoms with Crippen molar-refractivity contribution in [3.05, 3.63) is 69.6 Å². The summed E-state index contributed by atoms with van der Waals surface area (Å²) in [5.41, 5.74) is 3.34. The number of ether oxygens (including phenoxy) is 2. The number of para-hydroxylation sites is 1. The Labute approximate surface area is 168 Å². The highest BCUT2D eigenvalue weighted by Crippen LogP contribution is 2.28. The third-order valence-electron chi connectivity index (χ3n) is 4.38. The smallest absolute Gasteiger partial charge is 0.278 e. The number of carbonyl (C=O) groups is 1. The molecule has 6 nitrogen and oxygen atoms in total. The van der Waals surface area contributed by atoms with Crippen LogP contribution in [0.15, 0.2) is 40.9 Å². The van der Waals surface area contributed by atoms with Crippen molar-refractivity contribution in [1.29, 1.82) is 0 Å². The molecular weight excluding hydrogens is 380 g/mol. The number of nitrogens with zero attached hydrogens (tertiary/aromatic N) is 1. The molecule has 7 heteroatoms. The zero-order valence-corrected chi connectivity index (χ0v) is 16.9. The minimum Gasteiger partial charge on any atom is -0.495 e. The molecule has 0 saturated carbocycles. The molecule has 1 amide bonds. The van der Waals surface area contributed by atoms with Gasteiger partial charge in [0.05, 0.1) is 17.7 Å². The van der Waals surface area contributed by atoms with E-state index in [0.717, 1.165) is 16.9 Å². The number of methoxy groups -OCH3 is 1. The van der Waals surface area contributed by atoms with Gasteiger partial charge in [-0.1, -0.05) is 35.0 Å². The lowest BCUT2D eigenvalue weighted by molar-refractivity contribution is 0.101. The molecule has 146 valence electrons. The number of nitrogens with one attached hydrogen (secondary N) is 1. The van der Waals surface area contributed by atoms with Crippen LogP contribution < -0.4 is 14.8 Å². The molecule has 3 rings (SSSR count). The van der Waals surface area contributed by atoms with Gasteiger partial charge in [-0.15, -0.1) is 0 Å². The van der Waals surface area contributed by atoms with E-state index in [-0.39, 0.29) is 12.3 Å². The number of aryl methyl sites for hydroxylation is 3. The van der Waals surface area contributed by atoms with Crippen molar-refractivity contribution in [3.8, 4) is 11.5 Å². The first kappa shape index (κ1) is 19.8. The minimum absolute atomic E-state index is 0.174. The molecule has 3 aromatic rings. The highest BCUT2D eigenvalue weighted by molar-refractivity contribution is 6.32. The quantitative estimate of drug-likeness (QED) is 0.623. The van der Waals surface area contributed by atoms with Gasteiger partial charge in [0.15, 0.2) is 5.69 Å². The maximum Gasteiger partial charge on any atom is 0.278 e. The van der Waals surface area contributed by atoms with Crippen LogP contribution in [0.5, 0.6) is 11.5 Å². The second kappa shape index (κ2) is 8.35. The van der Waals surface area contributed by atoms with Crippen LogP contribution in [0.4, 0.5) is 5.69 Å². The van der Waals surface area contributed by atoms with Gasteiger partial charge < -0.3 is 19.3 Å². The third-order valence-corrected chi connectivity index (χ3v) is 4.67. The molecule has 0 radical (unpaired) electrons. The van der Waals surface area contributed by atoms with E-state index in [2.05, 4.69) is 10.5 Å². The van der Waals surface area contributed by atoms with Crippen molar-refractivity contribution in [3.63, 3.8) is 0 Å². The number of rotatable bonds is 6. The Balaban J connectivity index is 1.78. The van der Waals surface area contributed by atoms with Crippen LogP contribution in [-0.4, -0.2) is 18.2 Å². The standard InChI is InChI=1S/C21H21ClN2O4/c1-12-6-5-7-13(2)20(12)27-11-16-14(3)28-24-19(16)21(25)23-15-8-9-18(26-4)17(22)10-15/h5-10H,11H2,1-4H3,(H,23,25). The molecule has 1 N–H and O–H groups in total.